The van der Waals surface area contributed by atoms with Gasteiger partial charge in [0.05, 0.1) is 0 Å². The first-order valence-electron chi connectivity index (χ1n) is 6.16. The fourth-order valence-corrected chi connectivity index (χ4v) is 1.96. The molecule has 19 heavy (non-hydrogen) atoms. The van der Waals surface area contributed by atoms with Crippen LogP contribution >= 0.6 is 0 Å². The number of amidine groups is 1. The molecule has 1 aromatic carbocycles. The van der Waals surface area contributed by atoms with Crippen LogP contribution in [0, 0.1) is 5.41 Å². The minimum Gasteiger partial charge on any atom is -0.384 e. The maximum absolute atomic E-state index is 7.36. The highest BCUT2D eigenvalue weighted by Gasteiger charge is 2.03. The number of nitrogen functional groups attached to an aromatic ring is 1. The standard InChI is InChI=1S/C15H18N4/c1-19(11-13-3-2-8-18-9-13)10-12-4-6-14(7-5-12)15(16)17/h2-9H,10-11H2,1H3,(H3,16,17). The Balaban J connectivity index is 1.95. The second-order valence-corrected chi connectivity index (χ2v) is 4.64. The molecule has 0 fully saturated rings. The Kier molecular flexibility index (Phi) is 4.26. The summed E-state index contributed by atoms with van der Waals surface area (Å²) >= 11 is 0. The summed E-state index contributed by atoms with van der Waals surface area (Å²) in [4.78, 5) is 6.33. The van der Waals surface area contributed by atoms with E-state index in [-0.39, 0.29) is 5.84 Å². The molecule has 0 unspecified atom stereocenters. The van der Waals surface area contributed by atoms with Crippen LogP contribution in [-0.2, 0) is 13.1 Å². The molecule has 3 N–H and O–H groups in total. The lowest BCUT2D eigenvalue weighted by molar-refractivity contribution is 0.318. The molecule has 0 bridgehead atoms. The molecule has 0 aliphatic rings. The third kappa shape index (κ3) is 3.89. The Labute approximate surface area is 113 Å². The van der Waals surface area contributed by atoms with Crippen LogP contribution in [-0.4, -0.2) is 22.8 Å². The number of nitrogens with two attached hydrogens (primary N) is 1. The van der Waals surface area contributed by atoms with Crippen LogP contribution < -0.4 is 5.73 Å². The van der Waals surface area contributed by atoms with Gasteiger partial charge in [0, 0.05) is 31.0 Å². The van der Waals surface area contributed by atoms with Gasteiger partial charge in [-0.15, -0.1) is 0 Å². The number of hydrogen-bond donors (Lipinski definition) is 2. The molecule has 0 aliphatic carbocycles. The van der Waals surface area contributed by atoms with Crippen molar-refractivity contribution in [3.63, 3.8) is 0 Å². The van der Waals surface area contributed by atoms with Gasteiger partial charge in [-0.1, -0.05) is 30.3 Å². The maximum Gasteiger partial charge on any atom is 0.122 e. The van der Waals surface area contributed by atoms with E-state index in [1.54, 1.807) is 6.20 Å². The molecule has 0 saturated heterocycles. The molecule has 0 atom stereocenters. The van der Waals surface area contributed by atoms with Crippen molar-refractivity contribution in [2.24, 2.45) is 5.73 Å². The van der Waals surface area contributed by atoms with Crippen molar-refractivity contribution in [3.05, 3.63) is 65.5 Å². The molecule has 0 amide bonds. The van der Waals surface area contributed by atoms with Gasteiger partial charge in [-0.05, 0) is 24.2 Å². The lowest BCUT2D eigenvalue weighted by atomic mass is 10.1. The molecule has 0 radical (unpaired) electrons. The fourth-order valence-electron chi connectivity index (χ4n) is 1.96. The van der Waals surface area contributed by atoms with Gasteiger partial charge in [0.25, 0.3) is 0 Å². The molecule has 2 aromatic rings. The second kappa shape index (κ2) is 6.11. The van der Waals surface area contributed by atoms with Crippen LogP contribution in [0.2, 0.25) is 0 Å². The largest absolute Gasteiger partial charge is 0.384 e. The molecule has 1 aromatic heterocycles. The van der Waals surface area contributed by atoms with Crippen LogP contribution in [0.25, 0.3) is 0 Å². The lowest BCUT2D eigenvalue weighted by Crippen LogP contribution is -2.17. The lowest BCUT2D eigenvalue weighted by Gasteiger charge is -2.16. The van der Waals surface area contributed by atoms with E-state index in [4.69, 9.17) is 11.1 Å². The number of pyridine rings is 1. The highest BCUT2D eigenvalue weighted by molar-refractivity contribution is 5.94. The zero-order valence-electron chi connectivity index (χ0n) is 11.0. The minimum absolute atomic E-state index is 0.107. The highest BCUT2D eigenvalue weighted by Crippen LogP contribution is 2.09. The van der Waals surface area contributed by atoms with Crippen molar-refractivity contribution >= 4 is 5.84 Å². The number of benzene rings is 1. The molecule has 4 heteroatoms. The molecule has 0 spiro atoms. The maximum atomic E-state index is 7.36. The average Bonchev–Trinajstić information content (AvgIpc) is 2.40. The van der Waals surface area contributed by atoms with E-state index < -0.39 is 0 Å². The van der Waals surface area contributed by atoms with Crippen LogP contribution in [0.15, 0.2) is 48.8 Å². The molecule has 0 aliphatic heterocycles. The normalized spacial score (nSPS) is 10.6. The van der Waals surface area contributed by atoms with Crippen LogP contribution in [0.5, 0.6) is 0 Å². The van der Waals surface area contributed by atoms with Crippen molar-refractivity contribution in [3.8, 4) is 0 Å². The van der Waals surface area contributed by atoms with Gasteiger partial charge < -0.3 is 5.73 Å². The van der Waals surface area contributed by atoms with E-state index in [1.807, 2.05) is 36.5 Å². The van der Waals surface area contributed by atoms with Crippen LogP contribution in [0.4, 0.5) is 0 Å². The van der Waals surface area contributed by atoms with Crippen molar-refractivity contribution in [2.75, 3.05) is 7.05 Å². The van der Waals surface area contributed by atoms with Crippen molar-refractivity contribution in [1.82, 2.24) is 9.88 Å². The predicted molar refractivity (Wildman–Crippen MR) is 76.9 cm³/mol. The molecule has 0 saturated carbocycles. The Morgan fingerprint density at radius 2 is 1.84 bits per heavy atom. The van der Waals surface area contributed by atoms with E-state index in [2.05, 4.69) is 23.0 Å². The zero-order chi connectivity index (χ0) is 13.7. The number of nitrogens with zero attached hydrogens (tertiary/aromatic N) is 2. The molecule has 2 rings (SSSR count). The van der Waals surface area contributed by atoms with Crippen molar-refractivity contribution in [1.29, 1.82) is 5.41 Å². The number of nitrogens with one attached hydrogen (secondary N) is 1. The van der Waals surface area contributed by atoms with Crippen molar-refractivity contribution in [2.45, 2.75) is 13.1 Å². The molecule has 98 valence electrons. The highest BCUT2D eigenvalue weighted by atomic mass is 15.1. The molecule has 1 heterocycles. The zero-order valence-corrected chi connectivity index (χ0v) is 11.0. The van der Waals surface area contributed by atoms with Gasteiger partial charge in [0.1, 0.15) is 5.84 Å². The third-order valence-electron chi connectivity index (χ3n) is 2.89. The summed E-state index contributed by atoms with van der Waals surface area (Å²) in [6.07, 6.45) is 3.67. The van der Waals surface area contributed by atoms with E-state index in [0.717, 1.165) is 18.7 Å². The Hall–Kier alpha value is -2.20. The summed E-state index contributed by atoms with van der Waals surface area (Å²) in [5.74, 6) is 0.107. The van der Waals surface area contributed by atoms with Gasteiger partial charge in [-0.25, -0.2) is 0 Å². The predicted octanol–water partition coefficient (Wildman–Crippen LogP) is 2.00. The summed E-state index contributed by atoms with van der Waals surface area (Å²) in [7, 11) is 2.08. The smallest absolute Gasteiger partial charge is 0.122 e. The topological polar surface area (TPSA) is 66.0 Å². The van der Waals surface area contributed by atoms with Gasteiger partial charge in [0.15, 0.2) is 0 Å². The molecular weight excluding hydrogens is 236 g/mol. The van der Waals surface area contributed by atoms with Gasteiger partial charge >= 0.3 is 0 Å². The van der Waals surface area contributed by atoms with Gasteiger partial charge in [-0.3, -0.25) is 15.3 Å². The third-order valence-corrected chi connectivity index (χ3v) is 2.89. The van der Waals surface area contributed by atoms with Crippen molar-refractivity contribution < 1.29 is 0 Å². The monoisotopic (exact) mass is 254 g/mol. The number of hydrogen-bond acceptors (Lipinski definition) is 3. The van der Waals surface area contributed by atoms with Gasteiger partial charge in [0.2, 0.25) is 0 Å². The van der Waals surface area contributed by atoms with Crippen LogP contribution in [0.1, 0.15) is 16.7 Å². The summed E-state index contributed by atoms with van der Waals surface area (Å²) in [6.45, 7) is 1.72. The Morgan fingerprint density at radius 3 is 2.42 bits per heavy atom. The summed E-state index contributed by atoms with van der Waals surface area (Å²) in [5, 5.41) is 7.36. The molecule has 4 nitrogen and oxygen atoms in total. The average molecular weight is 254 g/mol. The van der Waals surface area contributed by atoms with Crippen LogP contribution in [0.3, 0.4) is 0 Å². The number of aromatic nitrogens is 1. The Morgan fingerprint density at radius 1 is 1.16 bits per heavy atom. The van der Waals surface area contributed by atoms with E-state index >= 15 is 0 Å². The van der Waals surface area contributed by atoms with E-state index in [1.165, 1.54) is 11.1 Å². The first-order chi connectivity index (χ1) is 9.15. The quantitative estimate of drug-likeness (QED) is 0.633. The summed E-state index contributed by atoms with van der Waals surface area (Å²) in [5.41, 5.74) is 8.60. The summed E-state index contributed by atoms with van der Waals surface area (Å²) in [6, 6.07) is 11.8. The second-order valence-electron chi connectivity index (χ2n) is 4.64. The van der Waals surface area contributed by atoms with Gasteiger partial charge in [-0.2, -0.15) is 0 Å². The van der Waals surface area contributed by atoms with E-state index in [9.17, 15) is 0 Å². The van der Waals surface area contributed by atoms with E-state index in [0.29, 0.717) is 0 Å². The Bertz CT molecular complexity index is 534. The number of rotatable bonds is 5. The SMILES string of the molecule is CN(Cc1ccc(C(=N)N)cc1)Cc1cccnc1. The minimum atomic E-state index is 0.107. The first kappa shape index (κ1) is 13.2. The summed E-state index contributed by atoms with van der Waals surface area (Å²) < 4.78 is 0. The molecular formula is C15H18N4. The fraction of sp³-hybridized carbons (Fsp3) is 0.200. The first-order valence-corrected chi connectivity index (χ1v) is 6.16.